The molecule has 25 heavy (non-hydrogen) atoms. The molecule has 0 saturated heterocycles. The van der Waals surface area contributed by atoms with E-state index in [1.54, 1.807) is 39.0 Å². The number of rotatable bonds is 9. The summed E-state index contributed by atoms with van der Waals surface area (Å²) in [5.74, 6) is -0.652. The van der Waals surface area contributed by atoms with Crippen molar-refractivity contribution in [1.29, 1.82) is 0 Å². The van der Waals surface area contributed by atoms with Gasteiger partial charge in [-0.1, -0.05) is 26.0 Å². The van der Waals surface area contributed by atoms with E-state index < -0.39 is 15.9 Å². The summed E-state index contributed by atoms with van der Waals surface area (Å²) in [6.45, 7) is 6.61. The predicted octanol–water partition coefficient (Wildman–Crippen LogP) is 0.983. The molecule has 0 bridgehead atoms. The van der Waals surface area contributed by atoms with Gasteiger partial charge in [0.1, 0.15) is 0 Å². The minimum absolute atomic E-state index is 0.0853. The Morgan fingerprint density at radius 3 is 2.16 bits per heavy atom. The number of carbonyl (C=O) groups excluding carboxylic acids is 2. The molecule has 2 N–H and O–H groups in total. The van der Waals surface area contributed by atoms with E-state index in [1.807, 2.05) is 0 Å². The minimum Gasteiger partial charge on any atom is -0.355 e. The standard InChI is InChI=1S/C17H25N3O4S/c1-4-18-17(22)13-19-16(21)12-9-14-7-10-15(11-8-14)25(23,24)20(5-2)6-3/h7-12H,4-6,13H2,1-3H3,(H,18,22)(H,19,21)/b12-9+. The van der Waals surface area contributed by atoms with E-state index >= 15 is 0 Å². The summed E-state index contributed by atoms with van der Waals surface area (Å²) in [7, 11) is -3.49. The molecule has 1 aromatic carbocycles. The number of hydrogen-bond donors (Lipinski definition) is 2. The fraction of sp³-hybridized carbons (Fsp3) is 0.412. The lowest BCUT2D eigenvalue weighted by Gasteiger charge is -2.18. The maximum atomic E-state index is 12.4. The first-order valence-corrected chi connectivity index (χ1v) is 9.61. The van der Waals surface area contributed by atoms with Gasteiger partial charge in [0.05, 0.1) is 11.4 Å². The van der Waals surface area contributed by atoms with Gasteiger partial charge in [-0.05, 0) is 30.7 Å². The van der Waals surface area contributed by atoms with Gasteiger partial charge in [0.2, 0.25) is 21.8 Å². The van der Waals surface area contributed by atoms with Crippen LogP contribution >= 0.6 is 0 Å². The van der Waals surface area contributed by atoms with Gasteiger partial charge in [-0.2, -0.15) is 4.31 Å². The van der Waals surface area contributed by atoms with Gasteiger partial charge in [0.15, 0.2) is 0 Å². The smallest absolute Gasteiger partial charge is 0.244 e. The second-order valence-corrected chi connectivity index (χ2v) is 7.10. The molecule has 0 spiro atoms. The Kier molecular flexibility index (Phi) is 8.30. The van der Waals surface area contributed by atoms with Crippen molar-refractivity contribution in [1.82, 2.24) is 14.9 Å². The number of benzene rings is 1. The summed E-state index contributed by atoms with van der Waals surface area (Å²) < 4.78 is 26.1. The molecule has 0 aliphatic rings. The van der Waals surface area contributed by atoms with E-state index in [-0.39, 0.29) is 17.3 Å². The fourth-order valence-electron chi connectivity index (χ4n) is 2.12. The van der Waals surface area contributed by atoms with E-state index in [0.29, 0.717) is 25.2 Å². The van der Waals surface area contributed by atoms with Crippen LogP contribution < -0.4 is 10.6 Å². The molecule has 1 rings (SSSR count). The first kappa shape index (κ1) is 20.9. The zero-order valence-electron chi connectivity index (χ0n) is 14.8. The van der Waals surface area contributed by atoms with Gasteiger partial charge < -0.3 is 10.6 Å². The van der Waals surface area contributed by atoms with Crippen molar-refractivity contribution in [2.24, 2.45) is 0 Å². The van der Waals surface area contributed by atoms with Crippen LogP contribution in [0.1, 0.15) is 26.3 Å². The Bertz CT molecular complexity index is 708. The molecule has 0 heterocycles. The van der Waals surface area contributed by atoms with E-state index in [4.69, 9.17) is 0 Å². The van der Waals surface area contributed by atoms with Gasteiger partial charge in [-0.15, -0.1) is 0 Å². The highest BCUT2D eigenvalue weighted by molar-refractivity contribution is 7.89. The second kappa shape index (κ2) is 9.95. The summed E-state index contributed by atoms with van der Waals surface area (Å²) >= 11 is 0. The summed E-state index contributed by atoms with van der Waals surface area (Å²) in [6.07, 6.45) is 2.86. The van der Waals surface area contributed by atoms with Crippen molar-refractivity contribution in [3.8, 4) is 0 Å². The molecule has 0 fully saturated rings. The van der Waals surface area contributed by atoms with Crippen LogP contribution in [0.4, 0.5) is 0 Å². The SMILES string of the molecule is CCNC(=O)CNC(=O)/C=C/c1ccc(S(=O)(=O)N(CC)CC)cc1. The van der Waals surface area contributed by atoms with Crippen molar-refractivity contribution in [3.05, 3.63) is 35.9 Å². The Morgan fingerprint density at radius 1 is 1.04 bits per heavy atom. The Balaban J connectivity index is 2.71. The molecule has 0 aliphatic heterocycles. The summed E-state index contributed by atoms with van der Waals surface area (Å²) in [5, 5.41) is 5.04. The number of carbonyl (C=O) groups is 2. The fourth-order valence-corrected chi connectivity index (χ4v) is 3.58. The van der Waals surface area contributed by atoms with Crippen LogP contribution in [0.15, 0.2) is 35.2 Å². The van der Waals surface area contributed by atoms with Gasteiger partial charge in [0, 0.05) is 25.7 Å². The highest BCUT2D eigenvalue weighted by Gasteiger charge is 2.20. The van der Waals surface area contributed by atoms with Crippen LogP contribution in [0.25, 0.3) is 6.08 Å². The molecular formula is C17H25N3O4S. The maximum absolute atomic E-state index is 12.4. The molecule has 0 atom stereocenters. The molecule has 7 nitrogen and oxygen atoms in total. The molecule has 0 unspecified atom stereocenters. The average molecular weight is 367 g/mol. The molecule has 1 aromatic rings. The maximum Gasteiger partial charge on any atom is 0.244 e. The van der Waals surface area contributed by atoms with Crippen LogP contribution in [0, 0.1) is 0 Å². The van der Waals surface area contributed by atoms with E-state index in [2.05, 4.69) is 10.6 Å². The zero-order valence-corrected chi connectivity index (χ0v) is 15.6. The van der Waals surface area contributed by atoms with Gasteiger partial charge in [0.25, 0.3) is 0 Å². The second-order valence-electron chi connectivity index (χ2n) is 5.16. The molecule has 138 valence electrons. The van der Waals surface area contributed by atoms with Gasteiger partial charge in [-0.3, -0.25) is 9.59 Å². The third-order valence-electron chi connectivity index (χ3n) is 3.45. The third-order valence-corrected chi connectivity index (χ3v) is 5.51. The molecule has 0 radical (unpaired) electrons. The lowest BCUT2D eigenvalue weighted by Crippen LogP contribution is -2.35. The normalized spacial score (nSPS) is 11.7. The van der Waals surface area contributed by atoms with Crippen molar-refractivity contribution in [3.63, 3.8) is 0 Å². The van der Waals surface area contributed by atoms with Gasteiger partial charge >= 0.3 is 0 Å². The molecule has 0 saturated carbocycles. The minimum atomic E-state index is -3.49. The molecule has 2 amide bonds. The van der Waals surface area contributed by atoms with E-state index in [1.165, 1.54) is 22.5 Å². The molecular weight excluding hydrogens is 342 g/mol. The Hall–Kier alpha value is -2.19. The van der Waals surface area contributed by atoms with Crippen molar-refractivity contribution >= 4 is 27.9 Å². The highest BCUT2D eigenvalue weighted by atomic mass is 32.2. The van der Waals surface area contributed by atoms with Crippen molar-refractivity contribution < 1.29 is 18.0 Å². The lowest BCUT2D eigenvalue weighted by atomic mass is 10.2. The van der Waals surface area contributed by atoms with Crippen LogP contribution in [0.3, 0.4) is 0 Å². The monoisotopic (exact) mass is 367 g/mol. The summed E-state index contributed by atoms with van der Waals surface area (Å²) in [6, 6.07) is 6.29. The van der Waals surface area contributed by atoms with Crippen LogP contribution in [-0.2, 0) is 19.6 Å². The predicted molar refractivity (Wildman–Crippen MR) is 97.3 cm³/mol. The number of sulfonamides is 1. The average Bonchev–Trinajstić information content (AvgIpc) is 2.59. The first-order valence-electron chi connectivity index (χ1n) is 8.17. The van der Waals surface area contributed by atoms with Gasteiger partial charge in [-0.25, -0.2) is 8.42 Å². The Labute approximate surface area is 149 Å². The molecule has 8 heteroatoms. The van der Waals surface area contributed by atoms with E-state index in [9.17, 15) is 18.0 Å². The van der Waals surface area contributed by atoms with Crippen molar-refractivity contribution in [2.75, 3.05) is 26.2 Å². The number of likely N-dealkylation sites (N-methyl/N-ethyl adjacent to an activating group) is 1. The summed E-state index contributed by atoms with van der Waals surface area (Å²) in [5.41, 5.74) is 0.687. The first-order chi connectivity index (χ1) is 11.8. The Morgan fingerprint density at radius 2 is 1.64 bits per heavy atom. The van der Waals surface area contributed by atoms with E-state index in [0.717, 1.165) is 0 Å². The highest BCUT2D eigenvalue weighted by Crippen LogP contribution is 2.16. The number of nitrogens with one attached hydrogen (secondary N) is 2. The number of hydrogen-bond acceptors (Lipinski definition) is 4. The number of nitrogens with zero attached hydrogens (tertiary/aromatic N) is 1. The summed E-state index contributed by atoms with van der Waals surface area (Å²) in [4.78, 5) is 23.1. The van der Waals surface area contributed by atoms with Crippen LogP contribution in [0.5, 0.6) is 0 Å². The zero-order chi connectivity index (χ0) is 18.9. The van der Waals surface area contributed by atoms with Crippen molar-refractivity contribution in [2.45, 2.75) is 25.7 Å². The molecule has 0 aliphatic carbocycles. The largest absolute Gasteiger partial charge is 0.355 e. The topological polar surface area (TPSA) is 95.6 Å². The number of amides is 2. The molecule has 0 aromatic heterocycles. The lowest BCUT2D eigenvalue weighted by molar-refractivity contribution is -0.123. The quantitative estimate of drug-likeness (QED) is 0.636. The third kappa shape index (κ3) is 6.32. The van der Waals surface area contributed by atoms with Crippen LogP contribution in [-0.4, -0.2) is 50.7 Å². The van der Waals surface area contributed by atoms with Crippen LogP contribution in [0.2, 0.25) is 0 Å².